The zero-order chi connectivity index (χ0) is 14.9. The van der Waals surface area contributed by atoms with E-state index in [1.807, 2.05) is 6.92 Å². The lowest BCUT2D eigenvalue weighted by atomic mass is 9.94. The van der Waals surface area contributed by atoms with E-state index in [2.05, 4.69) is 0 Å². The van der Waals surface area contributed by atoms with Crippen LogP contribution in [0.5, 0.6) is 0 Å². The minimum absolute atomic E-state index is 0.0319. The highest BCUT2D eigenvalue weighted by Crippen LogP contribution is 2.32. The molecular formula is C13H20N2O4S. The van der Waals surface area contributed by atoms with Crippen molar-refractivity contribution >= 4 is 29.5 Å². The van der Waals surface area contributed by atoms with Gasteiger partial charge in [0, 0.05) is 31.7 Å². The highest BCUT2D eigenvalue weighted by atomic mass is 32.2. The molecule has 2 atom stereocenters. The molecule has 0 aromatic rings. The smallest absolute Gasteiger partial charge is 0.327 e. The largest absolute Gasteiger partial charge is 0.480 e. The molecule has 7 heteroatoms. The second-order valence-corrected chi connectivity index (χ2v) is 6.66. The number of rotatable bonds is 2. The van der Waals surface area contributed by atoms with E-state index < -0.39 is 12.0 Å². The maximum absolute atomic E-state index is 12.5. The third-order valence-electron chi connectivity index (χ3n) is 4.05. The zero-order valence-corrected chi connectivity index (χ0v) is 12.6. The average molecular weight is 300 g/mol. The van der Waals surface area contributed by atoms with Crippen LogP contribution in [0.1, 0.15) is 26.7 Å². The molecule has 2 aliphatic heterocycles. The molecule has 112 valence electrons. The fourth-order valence-corrected chi connectivity index (χ4v) is 4.00. The number of thioether (sulfide) groups is 1. The van der Waals surface area contributed by atoms with E-state index in [9.17, 15) is 19.5 Å². The SMILES string of the molecule is CC(=O)N1CCC(C(=O)N2C(C)SCC2C(=O)O)CC1. The lowest BCUT2D eigenvalue weighted by Gasteiger charge is -2.34. The molecule has 2 fully saturated rings. The summed E-state index contributed by atoms with van der Waals surface area (Å²) in [5.74, 6) is -0.679. The van der Waals surface area contributed by atoms with Crippen LogP contribution in [-0.4, -0.2) is 62.9 Å². The minimum Gasteiger partial charge on any atom is -0.480 e. The summed E-state index contributed by atoms with van der Waals surface area (Å²) in [4.78, 5) is 38.3. The molecule has 2 rings (SSSR count). The van der Waals surface area contributed by atoms with Gasteiger partial charge in [-0.25, -0.2) is 4.79 Å². The van der Waals surface area contributed by atoms with E-state index in [4.69, 9.17) is 0 Å². The first-order valence-corrected chi connectivity index (χ1v) is 7.88. The van der Waals surface area contributed by atoms with E-state index >= 15 is 0 Å². The van der Waals surface area contributed by atoms with Crippen LogP contribution in [0.25, 0.3) is 0 Å². The third-order valence-corrected chi connectivity index (χ3v) is 5.27. The van der Waals surface area contributed by atoms with Crippen molar-refractivity contribution in [1.82, 2.24) is 9.80 Å². The van der Waals surface area contributed by atoms with Gasteiger partial charge in [0.15, 0.2) is 0 Å². The summed E-state index contributed by atoms with van der Waals surface area (Å²) in [6.45, 7) is 4.57. The molecule has 2 saturated heterocycles. The predicted molar refractivity (Wildman–Crippen MR) is 75.2 cm³/mol. The Morgan fingerprint density at radius 2 is 1.80 bits per heavy atom. The van der Waals surface area contributed by atoms with Crippen molar-refractivity contribution in [1.29, 1.82) is 0 Å². The molecule has 0 saturated carbocycles. The van der Waals surface area contributed by atoms with Crippen LogP contribution in [0.15, 0.2) is 0 Å². The number of carbonyl (C=O) groups is 3. The Bertz CT molecular complexity index is 421. The average Bonchev–Trinajstić information content (AvgIpc) is 2.80. The Balaban J connectivity index is 2.01. The molecule has 6 nitrogen and oxygen atoms in total. The van der Waals surface area contributed by atoms with Crippen LogP contribution in [-0.2, 0) is 14.4 Å². The number of carboxylic acids is 1. The normalized spacial score (nSPS) is 27.7. The molecule has 20 heavy (non-hydrogen) atoms. The number of aliphatic carboxylic acids is 1. The summed E-state index contributed by atoms with van der Waals surface area (Å²) in [5, 5.41) is 9.11. The number of hydrogen-bond acceptors (Lipinski definition) is 4. The van der Waals surface area contributed by atoms with E-state index in [1.54, 1.807) is 4.90 Å². The summed E-state index contributed by atoms with van der Waals surface area (Å²) in [5.41, 5.74) is 0. The van der Waals surface area contributed by atoms with Crippen molar-refractivity contribution in [3.63, 3.8) is 0 Å². The first kappa shape index (κ1) is 15.2. The van der Waals surface area contributed by atoms with Crippen molar-refractivity contribution in [2.45, 2.75) is 38.1 Å². The van der Waals surface area contributed by atoms with Gasteiger partial charge in [-0.05, 0) is 19.8 Å². The molecular weight excluding hydrogens is 280 g/mol. The molecule has 0 aromatic heterocycles. The van der Waals surface area contributed by atoms with Crippen LogP contribution in [0.3, 0.4) is 0 Å². The van der Waals surface area contributed by atoms with Crippen LogP contribution in [0.4, 0.5) is 0 Å². The Kier molecular flexibility index (Phi) is 4.57. The predicted octanol–water partition coefficient (Wildman–Crippen LogP) is 0.620. The second-order valence-electron chi connectivity index (χ2n) is 5.31. The Morgan fingerprint density at radius 1 is 1.20 bits per heavy atom. The molecule has 0 spiro atoms. The molecule has 2 aliphatic rings. The number of hydrogen-bond donors (Lipinski definition) is 1. The number of carboxylic acid groups (broad SMARTS) is 1. The van der Waals surface area contributed by atoms with Crippen LogP contribution >= 0.6 is 11.8 Å². The molecule has 0 aliphatic carbocycles. The molecule has 0 bridgehead atoms. The van der Waals surface area contributed by atoms with Gasteiger partial charge in [0.05, 0.1) is 5.37 Å². The van der Waals surface area contributed by atoms with Gasteiger partial charge in [-0.3, -0.25) is 9.59 Å². The van der Waals surface area contributed by atoms with Crippen molar-refractivity contribution in [2.24, 2.45) is 5.92 Å². The molecule has 2 heterocycles. The molecule has 0 aromatic carbocycles. The number of carbonyl (C=O) groups excluding carboxylic acids is 2. The number of likely N-dealkylation sites (tertiary alicyclic amines) is 1. The van der Waals surface area contributed by atoms with E-state index in [-0.39, 0.29) is 23.1 Å². The van der Waals surface area contributed by atoms with Gasteiger partial charge in [-0.1, -0.05) is 0 Å². The summed E-state index contributed by atoms with van der Waals surface area (Å²) in [6.07, 6.45) is 1.25. The van der Waals surface area contributed by atoms with Crippen LogP contribution < -0.4 is 0 Å². The minimum atomic E-state index is -0.934. The monoisotopic (exact) mass is 300 g/mol. The summed E-state index contributed by atoms with van der Waals surface area (Å²) in [6, 6.07) is -0.715. The Labute approximate surface area is 122 Å². The number of nitrogens with zero attached hydrogens (tertiary/aromatic N) is 2. The van der Waals surface area contributed by atoms with E-state index in [1.165, 1.54) is 23.6 Å². The van der Waals surface area contributed by atoms with Gasteiger partial charge in [0.2, 0.25) is 11.8 Å². The van der Waals surface area contributed by atoms with Gasteiger partial charge in [-0.2, -0.15) is 0 Å². The Hall–Kier alpha value is -1.24. The standard InChI is InChI=1S/C13H20N2O4S/c1-8(16)14-5-3-10(4-6-14)12(17)15-9(2)20-7-11(15)13(18)19/h9-11H,3-7H2,1-2H3,(H,18,19). The highest BCUT2D eigenvalue weighted by Gasteiger charge is 2.42. The maximum Gasteiger partial charge on any atom is 0.327 e. The number of amides is 2. The van der Waals surface area contributed by atoms with Crippen LogP contribution in [0.2, 0.25) is 0 Å². The highest BCUT2D eigenvalue weighted by molar-refractivity contribution is 8.00. The van der Waals surface area contributed by atoms with Gasteiger partial charge in [0.25, 0.3) is 0 Å². The molecule has 2 unspecified atom stereocenters. The molecule has 0 radical (unpaired) electrons. The second kappa shape index (κ2) is 6.03. The quantitative estimate of drug-likeness (QED) is 0.809. The fourth-order valence-electron chi connectivity index (χ4n) is 2.82. The molecule has 2 amide bonds. The fraction of sp³-hybridized carbons (Fsp3) is 0.769. The lowest BCUT2D eigenvalue weighted by molar-refractivity contribution is -0.151. The number of piperidine rings is 1. The lowest BCUT2D eigenvalue weighted by Crippen LogP contribution is -2.49. The van der Waals surface area contributed by atoms with E-state index in [0.717, 1.165) is 0 Å². The summed E-state index contributed by atoms with van der Waals surface area (Å²) >= 11 is 1.50. The van der Waals surface area contributed by atoms with Gasteiger partial charge < -0.3 is 14.9 Å². The maximum atomic E-state index is 12.5. The zero-order valence-electron chi connectivity index (χ0n) is 11.7. The summed E-state index contributed by atoms with van der Waals surface area (Å²) < 4.78 is 0. The van der Waals surface area contributed by atoms with Gasteiger partial charge in [-0.15, -0.1) is 11.8 Å². The van der Waals surface area contributed by atoms with Crippen molar-refractivity contribution in [2.75, 3.05) is 18.8 Å². The Morgan fingerprint density at radius 3 is 2.30 bits per heavy atom. The first-order valence-electron chi connectivity index (χ1n) is 6.84. The third kappa shape index (κ3) is 2.92. The summed E-state index contributed by atoms with van der Waals surface area (Å²) in [7, 11) is 0. The topological polar surface area (TPSA) is 77.9 Å². The van der Waals surface area contributed by atoms with Crippen molar-refractivity contribution < 1.29 is 19.5 Å². The molecule has 1 N–H and O–H groups in total. The van der Waals surface area contributed by atoms with Crippen LogP contribution in [0, 0.1) is 5.92 Å². The first-order chi connectivity index (χ1) is 9.41. The van der Waals surface area contributed by atoms with Gasteiger partial charge >= 0.3 is 5.97 Å². The van der Waals surface area contributed by atoms with E-state index in [0.29, 0.717) is 31.7 Å². The van der Waals surface area contributed by atoms with Crippen molar-refractivity contribution in [3.05, 3.63) is 0 Å². The van der Waals surface area contributed by atoms with Gasteiger partial charge in [0.1, 0.15) is 6.04 Å². The van der Waals surface area contributed by atoms with Crippen molar-refractivity contribution in [3.8, 4) is 0 Å².